The fraction of sp³-hybridized carbons (Fsp3) is 0.607. The van der Waals surface area contributed by atoms with Gasteiger partial charge < -0.3 is 30.9 Å². The number of nitrogens with zero attached hydrogens (tertiary/aromatic N) is 5. The number of amides is 1. The number of nitrogens with two attached hydrogens (primary N) is 1. The molecule has 208 valence electrons. The Morgan fingerprint density at radius 2 is 1.76 bits per heavy atom. The van der Waals surface area contributed by atoms with E-state index >= 15 is 0 Å². The van der Waals surface area contributed by atoms with Gasteiger partial charge in [0.1, 0.15) is 5.75 Å². The smallest absolute Gasteiger partial charge is 0.271 e. The van der Waals surface area contributed by atoms with Crippen molar-refractivity contribution >= 4 is 28.9 Å². The molecular formula is C28H44N8O2. The standard InChI is InChI=1S/C28H44N8O2/c1-7-21-26(33-28(2,3)4)32-27(24(31-21)25(29)37)30-19-8-9-22(23(18-19)38-6)36-12-10-20(11-13-36)35-16-14-34(5)15-17-35/h8-9,18,20H,7,10-17H2,1-6H3,(H2,29,37)(H2,30,32,33). The second-order valence-electron chi connectivity index (χ2n) is 11.4. The lowest BCUT2D eigenvalue weighted by molar-refractivity contribution is 0.0981. The van der Waals surface area contributed by atoms with Crippen molar-refractivity contribution in [1.82, 2.24) is 19.8 Å². The van der Waals surface area contributed by atoms with Gasteiger partial charge in [0, 0.05) is 62.6 Å². The van der Waals surface area contributed by atoms with Gasteiger partial charge in [0.2, 0.25) is 0 Å². The van der Waals surface area contributed by atoms with E-state index in [1.54, 1.807) is 7.11 Å². The molecule has 1 aromatic carbocycles. The van der Waals surface area contributed by atoms with Crippen LogP contribution in [0.25, 0.3) is 0 Å². The number of ether oxygens (including phenoxy) is 1. The summed E-state index contributed by atoms with van der Waals surface area (Å²) < 4.78 is 5.80. The monoisotopic (exact) mass is 524 g/mol. The van der Waals surface area contributed by atoms with Gasteiger partial charge in [-0.2, -0.15) is 0 Å². The molecule has 3 heterocycles. The molecule has 2 aromatic rings. The summed E-state index contributed by atoms with van der Waals surface area (Å²) in [4.78, 5) is 29.0. The van der Waals surface area contributed by atoms with Gasteiger partial charge in [0.05, 0.1) is 18.5 Å². The zero-order chi connectivity index (χ0) is 27.4. The van der Waals surface area contributed by atoms with Crippen molar-refractivity contribution in [1.29, 1.82) is 0 Å². The van der Waals surface area contributed by atoms with Crippen LogP contribution in [0.4, 0.5) is 23.0 Å². The Kier molecular flexibility index (Phi) is 8.62. The molecule has 0 spiro atoms. The molecule has 1 amide bonds. The van der Waals surface area contributed by atoms with Crippen LogP contribution in [0.2, 0.25) is 0 Å². The van der Waals surface area contributed by atoms with E-state index < -0.39 is 5.91 Å². The highest BCUT2D eigenvalue weighted by atomic mass is 16.5. The summed E-state index contributed by atoms with van der Waals surface area (Å²) in [6.45, 7) is 14.8. The van der Waals surface area contributed by atoms with Gasteiger partial charge in [0.15, 0.2) is 17.3 Å². The van der Waals surface area contributed by atoms with Crippen molar-refractivity contribution < 1.29 is 9.53 Å². The topological polar surface area (TPSA) is 112 Å². The highest BCUT2D eigenvalue weighted by Gasteiger charge is 2.28. The van der Waals surface area contributed by atoms with Crippen molar-refractivity contribution in [2.24, 2.45) is 5.73 Å². The van der Waals surface area contributed by atoms with Crippen LogP contribution < -0.4 is 26.0 Å². The number of aromatic nitrogens is 2. The number of aryl methyl sites for hydroxylation is 1. The van der Waals surface area contributed by atoms with Crippen LogP contribution in [0.15, 0.2) is 18.2 Å². The molecule has 2 aliphatic heterocycles. The zero-order valence-electron chi connectivity index (χ0n) is 23.8. The van der Waals surface area contributed by atoms with Crippen LogP contribution in [0.5, 0.6) is 5.75 Å². The summed E-state index contributed by atoms with van der Waals surface area (Å²) >= 11 is 0. The van der Waals surface area contributed by atoms with E-state index in [4.69, 9.17) is 15.5 Å². The molecule has 2 saturated heterocycles. The molecule has 0 saturated carbocycles. The highest BCUT2D eigenvalue weighted by molar-refractivity contribution is 5.96. The van der Waals surface area contributed by atoms with Crippen molar-refractivity contribution in [3.8, 4) is 5.75 Å². The molecule has 0 aliphatic carbocycles. The minimum atomic E-state index is -0.621. The van der Waals surface area contributed by atoms with Crippen molar-refractivity contribution in [3.05, 3.63) is 29.6 Å². The Bertz CT molecular complexity index is 1120. The van der Waals surface area contributed by atoms with Gasteiger partial charge in [-0.3, -0.25) is 9.69 Å². The van der Waals surface area contributed by atoms with Crippen LogP contribution in [-0.2, 0) is 6.42 Å². The van der Waals surface area contributed by atoms with Crippen LogP contribution in [0.1, 0.15) is 56.7 Å². The first kappa shape index (κ1) is 27.9. The predicted octanol–water partition coefficient (Wildman–Crippen LogP) is 3.32. The normalized spacial score (nSPS) is 17.9. The van der Waals surface area contributed by atoms with E-state index in [2.05, 4.69) is 64.2 Å². The van der Waals surface area contributed by atoms with E-state index in [0.29, 0.717) is 29.8 Å². The second-order valence-corrected chi connectivity index (χ2v) is 11.4. The molecule has 10 nitrogen and oxygen atoms in total. The number of hydrogen-bond donors (Lipinski definition) is 3. The molecule has 2 fully saturated rings. The first-order valence-corrected chi connectivity index (χ1v) is 13.7. The lowest BCUT2D eigenvalue weighted by atomic mass is 10.0. The molecule has 1 aromatic heterocycles. The minimum Gasteiger partial charge on any atom is -0.495 e. The first-order valence-electron chi connectivity index (χ1n) is 13.7. The highest BCUT2D eigenvalue weighted by Crippen LogP contribution is 2.35. The largest absolute Gasteiger partial charge is 0.495 e. The van der Waals surface area contributed by atoms with Gasteiger partial charge >= 0.3 is 0 Å². The number of carbonyl (C=O) groups is 1. The predicted molar refractivity (Wildman–Crippen MR) is 154 cm³/mol. The van der Waals surface area contributed by atoms with E-state index in [0.717, 1.165) is 69.2 Å². The molecule has 4 N–H and O–H groups in total. The van der Waals surface area contributed by atoms with Crippen LogP contribution in [0, 0.1) is 0 Å². The number of rotatable bonds is 8. The number of piperidine rings is 1. The van der Waals surface area contributed by atoms with Gasteiger partial charge in [-0.15, -0.1) is 0 Å². The number of likely N-dealkylation sites (N-methyl/N-ethyl adjacent to an activating group) is 1. The molecule has 0 atom stereocenters. The third-order valence-electron chi connectivity index (χ3n) is 7.33. The Hall–Kier alpha value is -3.11. The van der Waals surface area contributed by atoms with E-state index in [1.165, 1.54) is 0 Å². The summed E-state index contributed by atoms with van der Waals surface area (Å²) in [6.07, 6.45) is 2.93. The van der Waals surface area contributed by atoms with Crippen molar-refractivity contribution in [3.63, 3.8) is 0 Å². The fourth-order valence-electron chi connectivity index (χ4n) is 5.24. The van der Waals surface area contributed by atoms with E-state index in [9.17, 15) is 4.79 Å². The number of methoxy groups -OCH3 is 1. The summed E-state index contributed by atoms with van der Waals surface area (Å²) in [5, 5.41) is 6.66. The molecule has 0 bridgehead atoms. The Morgan fingerprint density at radius 3 is 2.34 bits per heavy atom. The first-order chi connectivity index (χ1) is 18.1. The van der Waals surface area contributed by atoms with Crippen LogP contribution in [0.3, 0.4) is 0 Å². The maximum absolute atomic E-state index is 12.2. The van der Waals surface area contributed by atoms with Gasteiger partial charge in [-0.1, -0.05) is 6.92 Å². The van der Waals surface area contributed by atoms with E-state index in [1.807, 2.05) is 19.1 Å². The zero-order valence-corrected chi connectivity index (χ0v) is 23.8. The molecule has 38 heavy (non-hydrogen) atoms. The lowest BCUT2D eigenvalue weighted by Crippen LogP contribution is -2.52. The van der Waals surface area contributed by atoms with Crippen LogP contribution in [-0.4, -0.2) is 90.7 Å². The number of nitrogens with one attached hydrogen (secondary N) is 2. The number of anilines is 4. The lowest BCUT2D eigenvalue weighted by Gasteiger charge is -2.42. The van der Waals surface area contributed by atoms with Crippen LogP contribution >= 0.6 is 0 Å². The number of hydrogen-bond acceptors (Lipinski definition) is 9. The fourth-order valence-corrected chi connectivity index (χ4v) is 5.24. The van der Waals surface area contributed by atoms with Gasteiger partial charge in [0.25, 0.3) is 5.91 Å². The maximum atomic E-state index is 12.2. The summed E-state index contributed by atoms with van der Waals surface area (Å²) in [6, 6.07) is 6.66. The number of benzene rings is 1. The molecule has 4 rings (SSSR count). The quantitative estimate of drug-likeness (QED) is 0.479. The number of carbonyl (C=O) groups excluding carboxylic acids is 1. The van der Waals surface area contributed by atoms with Crippen molar-refractivity contribution in [2.45, 2.75) is 58.5 Å². The third-order valence-corrected chi connectivity index (χ3v) is 7.33. The average molecular weight is 525 g/mol. The average Bonchev–Trinajstić information content (AvgIpc) is 2.88. The maximum Gasteiger partial charge on any atom is 0.271 e. The minimum absolute atomic E-state index is 0.121. The Morgan fingerprint density at radius 1 is 1.08 bits per heavy atom. The number of piperazine rings is 1. The molecule has 0 radical (unpaired) electrons. The van der Waals surface area contributed by atoms with Gasteiger partial charge in [-0.05, 0) is 59.2 Å². The number of primary amides is 1. The van der Waals surface area contributed by atoms with E-state index in [-0.39, 0.29) is 11.2 Å². The summed E-state index contributed by atoms with van der Waals surface area (Å²) in [5.41, 5.74) is 8.11. The summed E-state index contributed by atoms with van der Waals surface area (Å²) in [7, 11) is 3.89. The molecular weight excluding hydrogens is 480 g/mol. The summed E-state index contributed by atoms with van der Waals surface area (Å²) in [5.74, 6) is 1.12. The molecule has 0 unspecified atom stereocenters. The Balaban J connectivity index is 1.51. The SMILES string of the molecule is CCc1nc(C(N)=O)c(Nc2ccc(N3CCC(N4CCN(C)CC4)CC3)c(OC)c2)nc1NC(C)(C)C. The molecule has 10 heteroatoms. The van der Waals surface area contributed by atoms with Gasteiger partial charge in [-0.25, -0.2) is 9.97 Å². The van der Waals surface area contributed by atoms with Crippen molar-refractivity contribution in [2.75, 3.05) is 69.0 Å². The molecule has 2 aliphatic rings. The third kappa shape index (κ3) is 6.66. The second kappa shape index (κ2) is 11.7. The Labute approximate surface area is 226 Å².